The monoisotopic (exact) mass is 486 g/mol. The second-order valence-corrected chi connectivity index (χ2v) is 8.84. The standard InChI is InChI=1S/C28H26N2O6/c1-14-7-8-22(29-13-14)30-24(17-11-20(33-4)26(35-6)21(12-17)34-5)23-25(31)18-9-15(2)16(3)10-19(18)36-27(23)28(30)32/h7-13,24H,1-6H3/t24-/m1/s1. The van der Waals surface area contributed by atoms with E-state index < -0.39 is 11.9 Å². The molecule has 5 rings (SSSR count). The Hall–Kier alpha value is -4.33. The van der Waals surface area contributed by atoms with Crippen molar-refractivity contribution in [3.8, 4) is 17.2 Å². The minimum absolute atomic E-state index is 0.00289. The molecule has 0 bridgehead atoms. The maximum atomic E-state index is 13.9. The zero-order valence-corrected chi connectivity index (χ0v) is 21.0. The molecule has 0 N–H and O–H groups in total. The van der Waals surface area contributed by atoms with E-state index in [0.717, 1.165) is 16.7 Å². The van der Waals surface area contributed by atoms with E-state index in [9.17, 15) is 9.59 Å². The largest absolute Gasteiger partial charge is 0.493 e. The van der Waals surface area contributed by atoms with Gasteiger partial charge in [-0.15, -0.1) is 0 Å². The van der Waals surface area contributed by atoms with Gasteiger partial charge in [-0.25, -0.2) is 4.98 Å². The van der Waals surface area contributed by atoms with Gasteiger partial charge >= 0.3 is 0 Å². The van der Waals surface area contributed by atoms with Gasteiger partial charge in [0.05, 0.1) is 38.3 Å². The van der Waals surface area contributed by atoms with Gasteiger partial charge in [-0.3, -0.25) is 14.5 Å². The van der Waals surface area contributed by atoms with Gasteiger partial charge in [0.25, 0.3) is 5.91 Å². The van der Waals surface area contributed by atoms with Crippen molar-refractivity contribution in [3.63, 3.8) is 0 Å². The van der Waals surface area contributed by atoms with Crippen molar-refractivity contribution in [2.75, 3.05) is 26.2 Å². The summed E-state index contributed by atoms with van der Waals surface area (Å²) in [5.74, 6) is 1.16. The Bertz CT molecular complexity index is 1550. The normalized spacial score (nSPS) is 14.8. The number of carbonyl (C=O) groups is 1. The highest BCUT2D eigenvalue weighted by Gasteiger charge is 2.45. The van der Waals surface area contributed by atoms with Gasteiger partial charge in [-0.2, -0.15) is 0 Å². The molecule has 1 atom stereocenters. The molecule has 2 aromatic carbocycles. The van der Waals surface area contributed by atoms with Crippen molar-refractivity contribution < 1.29 is 23.4 Å². The average Bonchev–Trinajstić information content (AvgIpc) is 3.17. The van der Waals surface area contributed by atoms with Crippen molar-refractivity contribution in [2.45, 2.75) is 26.8 Å². The van der Waals surface area contributed by atoms with Crippen LogP contribution < -0.4 is 24.5 Å². The number of methoxy groups -OCH3 is 3. The van der Waals surface area contributed by atoms with Crippen LogP contribution in [0.2, 0.25) is 0 Å². The Labute approximate surface area is 208 Å². The summed E-state index contributed by atoms with van der Waals surface area (Å²) < 4.78 is 22.7. The fourth-order valence-corrected chi connectivity index (χ4v) is 4.64. The molecule has 0 spiro atoms. The Morgan fingerprint density at radius 3 is 2.14 bits per heavy atom. The van der Waals surface area contributed by atoms with E-state index in [1.807, 2.05) is 26.8 Å². The van der Waals surface area contributed by atoms with Crippen molar-refractivity contribution in [1.29, 1.82) is 0 Å². The highest BCUT2D eigenvalue weighted by Crippen LogP contribution is 2.46. The number of nitrogens with zero attached hydrogens (tertiary/aromatic N) is 2. The van der Waals surface area contributed by atoms with Crippen molar-refractivity contribution in [2.24, 2.45) is 0 Å². The lowest BCUT2D eigenvalue weighted by Crippen LogP contribution is -2.30. The molecular weight excluding hydrogens is 460 g/mol. The molecular formula is C28H26N2O6. The Kier molecular flexibility index (Phi) is 5.67. The maximum absolute atomic E-state index is 13.9. The predicted octanol–water partition coefficient (Wildman–Crippen LogP) is 4.89. The number of aromatic nitrogens is 1. The third kappa shape index (κ3) is 3.48. The van der Waals surface area contributed by atoms with Crippen LogP contribution in [0, 0.1) is 20.8 Å². The number of ether oxygens (including phenoxy) is 3. The van der Waals surface area contributed by atoms with Crippen molar-refractivity contribution >= 4 is 22.7 Å². The van der Waals surface area contributed by atoms with Crippen LogP contribution in [0.15, 0.2) is 51.8 Å². The Balaban J connectivity index is 1.85. The number of fused-ring (bicyclic) bond motifs is 2. The maximum Gasteiger partial charge on any atom is 0.296 e. The van der Waals surface area contributed by atoms with E-state index in [-0.39, 0.29) is 16.8 Å². The number of benzene rings is 2. The molecule has 8 nitrogen and oxygen atoms in total. The topological polar surface area (TPSA) is 91.1 Å². The van der Waals surface area contributed by atoms with Crippen LogP contribution in [-0.4, -0.2) is 32.2 Å². The minimum Gasteiger partial charge on any atom is -0.493 e. The molecule has 0 unspecified atom stereocenters. The number of rotatable bonds is 5. The van der Waals surface area contributed by atoms with Crippen molar-refractivity contribution in [3.05, 3.63) is 86.4 Å². The van der Waals surface area contributed by atoms with Crippen LogP contribution in [-0.2, 0) is 0 Å². The van der Waals surface area contributed by atoms with E-state index in [2.05, 4.69) is 4.98 Å². The number of pyridine rings is 1. The Morgan fingerprint density at radius 2 is 1.56 bits per heavy atom. The molecule has 2 aromatic heterocycles. The highest BCUT2D eigenvalue weighted by atomic mass is 16.5. The number of hydrogen-bond acceptors (Lipinski definition) is 7. The zero-order chi connectivity index (χ0) is 25.7. The molecule has 1 aliphatic heterocycles. The van der Waals surface area contributed by atoms with Crippen LogP contribution in [0.5, 0.6) is 17.2 Å². The molecule has 184 valence electrons. The van der Waals surface area contributed by atoms with Crippen LogP contribution >= 0.6 is 0 Å². The van der Waals surface area contributed by atoms with E-state index >= 15 is 0 Å². The first-order valence-corrected chi connectivity index (χ1v) is 11.4. The van der Waals surface area contributed by atoms with Crippen LogP contribution in [0.3, 0.4) is 0 Å². The zero-order valence-electron chi connectivity index (χ0n) is 21.0. The summed E-state index contributed by atoms with van der Waals surface area (Å²) in [6.45, 7) is 5.79. The Morgan fingerprint density at radius 1 is 0.889 bits per heavy atom. The fraction of sp³-hybridized carbons (Fsp3) is 0.250. The molecule has 0 fully saturated rings. The first-order chi connectivity index (χ1) is 17.3. The molecule has 0 aliphatic carbocycles. The van der Waals surface area contributed by atoms with E-state index in [1.165, 1.54) is 26.2 Å². The lowest BCUT2D eigenvalue weighted by Gasteiger charge is -2.25. The summed E-state index contributed by atoms with van der Waals surface area (Å²) in [4.78, 5) is 33.7. The number of carbonyl (C=O) groups excluding carboxylic acids is 1. The lowest BCUT2D eigenvalue weighted by atomic mass is 9.96. The molecule has 36 heavy (non-hydrogen) atoms. The summed E-state index contributed by atoms with van der Waals surface area (Å²) in [7, 11) is 4.55. The highest BCUT2D eigenvalue weighted by molar-refractivity contribution is 6.10. The minimum atomic E-state index is -0.821. The smallest absolute Gasteiger partial charge is 0.296 e. The SMILES string of the molecule is COc1cc([C@@H]2c3c(oc4cc(C)c(C)cc4c3=O)C(=O)N2c2ccc(C)cn2)cc(OC)c1OC. The number of hydrogen-bond donors (Lipinski definition) is 0. The van der Waals surface area contributed by atoms with Crippen molar-refractivity contribution in [1.82, 2.24) is 4.98 Å². The predicted molar refractivity (Wildman–Crippen MR) is 136 cm³/mol. The summed E-state index contributed by atoms with van der Waals surface area (Å²) in [5, 5.41) is 0.417. The summed E-state index contributed by atoms with van der Waals surface area (Å²) in [6, 6.07) is 9.87. The summed E-state index contributed by atoms with van der Waals surface area (Å²) in [6.07, 6.45) is 1.68. The van der Waals surface area contributed by atoms with E-state index in [1.54, 1.807) is 36.5 Å². The molecule has 3 heterocycles. The third-order valence-electron chi connectivity index (χ3n) is 6.63. The molecule has 4 aromatic rings. The molecule has 8 heteroatoms. The third-order valence-corrected chi connectivity index (χ3v) is 6.63. The average molecular weight is 487 g/mol. The fourth-order valence-electron chi connectivity index (χ4n) is 4.64. The number of anilines is 1. The van der Waals surface area contributed by atoms with Gasteiger partial charge in [-0.05, 0) is 73.4 Å². The molecule has 0 saturated heterocycles. The molecule has 1 aliphatic rings. The second-order valence-electron chi connectivity index (χ2n) is 8.84. The second kappa shape index (κ2) is 8.71. The number of aryl methyl sites for hydroxylation is 3. The summed E-state index contributed by atoms with van der Waals surface area (Å²) in [5.41, 5.74) is 3.81. The van der Waals surface area contributed by atoms with Crippen LogP contribution in [0.1, 0.15) is 44.4 Å². The molecule has 1 amide bonds. The summed E-state index contributed by atoms with van der Waals surface area (Å²) >= 11 is 0. The van der Waals surface area contributed by atoms with Gasteiger partial charge < -0.3 is 18.6 Å². The first kappa shape index (κ1) is 23.4. The van der Waals surface area contributed by atoms with E-state index in [0.29, 0.717) is 39.6 Å². The molecule has 0 radical (unpaired) electrons. The lowest BCUT2D eigenvalue weighted by molar-refractivity contribution is 0.0970. The van der Waals surface area contributed by atoms with Gasteiger partial charge in [-0.1, -0.05) is 6.07 Å². The van der Waals surface area contributed by atoms with E-state index in [4.69, 9.17) is 18.6 Å². The first-order valence-electron chi connectivity index (χ1n) is 11.4. The molecule has 0 saturated carbocycles. The van der Waals surface area contributed by atoms with Gasteiger partial charge in [0.15, 0.2) is 16.9 Å². The van der Waals surface area contributed by atoms with Gasteiger partial charge in [0, 0.05) is 6.20 Å². The van der Waals surface area contributed by atoms with Crippen LogP contribution in [0.25, 0.3) is 11.0 Å². The quantitative estimate of drug-likeness (QED) is 0.397. The number of amides is 1. The van der Waals surface area contributed by atoms with Crippen LogP contribution in [0.4, 0.5) is 5.82 Å². The van der Waals surface area contributed by atoms with Gasteiger partial charge in [0.2, 0.25) is 11.5 Å². The van der Waals surface area contributed by atoms with Gasteiger partial charge in [0.1, 0.15) is 11.4 Å².